The second-order valence-corrected chi connectivity index (χ2v) is 7.93. The van der Waals surface area contributed by atoms with Gasteiger partial charge in [0.1, 0.15) is 0 Å². The van der Waals surface area contributed by atoms with E-state index in [-0.39, 0.29) is 17.5 Å². The van der Waals surface area contributed by atoms with Gasteiger partial charge in [-0.1, -0.05) is 32.9 Å². The van der Waals surface area contributed by atoms with Crippen LogP contribution in [0.1, 0.15) is 45.7 Å². The van der Waals surface area contributed by atoms with E-state index in [2.05, 4.69) is 23.9 Å². The molecule has 2 atom stereocenters. The SMILES string of the molecule is CCNC(C)c1cccc(S(=O)(=O)NC2CC2(C)C)c1. The van der Waals surface area contributed by atoms with E-state index < -0.39 is 10.0 Å². The number of nitrogens with one attached hydrogen (secondary N) is 2. The van der Waals surface area contributed by atoms with Gasteiger partial charge >= 0.3 is 0 Å². The van der Waals surface area contributed by atoms with Crippen LogP contribution in [-0.4, -0.2) is 21.0 Å². The number of hydrogen-bond acceptors (Lipinski definition) is 3. The average Bonchev–Trinajstić information content (AvgIpc) is 2.96. The highest BCUT2D eigenvalue weighted by Gasteiger charge is 2.47. The van der Waals surface area contributed by atoms with E-state index in [4.69, 9.17) is 0 Å². The fourth-order valence-corrected chi connectivity index (χ4v) is 3.76. The molecule has 0 radical (unpaired) electrons. The third-order valence-corrected chi connectivity index (χ3v) is 5.46. The highest BCUT2D eigenvalue weighted by atomic mass is 32.2. The third-order valence-electron chi connectivity index (χ3n) is 3.99. The number of hydrogen-bond donors (Lipinski definition) is 2. The van der Waals surface area contributed by atoms with E-state index in [1.54, 1.807) is 18.2 Å². The van der Waals surface area contributed by atoms with Gasteiger partial charge in [0.25, 0.3) is 0 Å². The molecular formula is C15H24N2O2S. The Hall–Kier alpha value is -0.910. The molecule has 2 rings (SSSR count). The fraction of sp³-hybridized carbons (Fsp3) is 0.600. The van der Waals surface area contributed by atoms with Crippen molar-refractivity contribution in [3.05, 3.63) is 29.8 Å². The molecular weight excluding hydrogens is 272 g/mol. The summed E-state index contributed by atoms with van der Waals surface area (Å²) >= 11 is 0. The topological polar surface area (TPSA) is 58.2 Å². The molecule has 1 aliphatic carbocycles. The molecule has 1 aromatic carbocycles. The van der Waals surface area contributed by atoms with E-state index >= 15 is 0 Å². The summed E-state index contributed by atoms with van der Waals surface area (Å²) in [6.45, 7) is 9.07. The Balaban J connectivity index is 2.17. The van der Waals surface area contributed by atoms with Gasteiger partial charge in [-0.15, -0.1) is 0 Å². The zero-order chi connectivity index (χ0) is 15.0. The zero-order valence-corrected chi connectivity index (χ0v) is 13.4. The predicted molar refractivity (Wildman–Crippen MR) is 81.0 cm³/mol. The Morgan fingerprint density at radius 2 is 2.05 bits per heavy atom. The van der Waals surface area contributed by atoms with E-state index in [0.29, 0.717) is 4.90 Å². The third kappa shape index (κ3) is 3.40. The van der Waals surface area contributed by atoms with Gasteiger partial charge in [-0.2, -0.15) is 0 Å². The zero-order valence-electron chi connectivity index (χ0n) is 12.6. The Labute approximate surface area is 122 Å². The molecule has 1 fully saturated rings. The van der Waals surface area contributed by atoms with Crippen LogP contribution >= 0.6 is 0 Å². The van der Waals surface area contributed by atoms with Gasteiger partial charge in [-0.05, 0) is 43.0 Å². The lowest BCUT2D eigenvalue weighted by Gasteiger charge is -2.14. The van der Waals surface area contributed by atoms with Crippen molar-refractivity contribution in [3.8, 4) is 0 Å². The van der Waals surface area contributed by atoms with Crippen molar-refractivity contribution in [1.82, 2.24) is 10.0 Å². The van der Waals surface area contributed by atoms with Crippen LogP contribution in [-0.2, 0) is 10.0 Å². The lowest BCUT2D eigenvalue weighted by Crippen LogP contribution is -2.28. The van der Waals surface area contributed by atoms with Crippen LogP contribution in [0.25, 0.3) is 0 Å². The second-order valence-electron chi connectivity index (χ2n) is 6.22. The van der Waals surface area contributed by atoms with Crippen LogP contribution < -0.4 is 10.0 Å². The standard InChI is InChI=1S/C15H24N2O2S/c1-5-16-11(2)12-7-6-8-13(9-12)20(18,19)17-14-10-15(14,3)4/h6-9,11,14,16-17H,5,10H2,1-4H3. The minimum atomic E-state index is -3.42. The molecule has 0 saturated heterocycles. The Morgan fingerprint density at radius 1 is 1.40 bits per heavy atom. The summed E-state index contributed by atoms with van der Waals surface area (Å²) in [5, 5.41) is 3.29. The molecule has 1 saturated carbocycles. The molecule has 4 nitrogen and oxygen atoms in total. The van der Waals surface area contributed by atoms with Gasteiger partial charge in [-0.25, -0.2) is 13.1 Å². The summed E-state index contributed by atoms with van der Waals surface area (Å²) in [4.78, 5) is 0.349. The van der Waals surface area contributed by atoms with Gasteiger partial charge in [0.05, 0.1) is 4.90 Å². The fourth-order valence-electron chi connectivity index (χ4n) is 2.30. The maximum absolute atomic E-state index is 12.4. The first kappa shape index (κ1) is 15.5. The van der Waals surface area contributed by atoms with E-state index in [0.717, 1.165) is 18.5 Å². The molecule has 20 heavy (non-hydrogen) atoms. The van der Waals surface area contributed by atoms with Crippen molar-refractivity contribution in [3.63, 3.8) is 0 Å². The van der Waals surface area contributed by atoms with Crippen LogP contribution in [0.4, 0.5) is 0 Å². The van der Waals surface area contributed by atoms with Crippen LogP contribution in [0, 0.1) is 5.41 Å². The second kappa shape index (κ2) is 5.47. The molecule has 5 heteroatoms. The van der Waals surface area contributed by atoms with Crippen LogP contribution in [0.5, 0.6) is 0 Å². The summed E-state index contributed by atoms with van der Waals surface area (Å²) in [6, 6.07) is 7.36. The Kier molecular flexibility index (Phi) is 4.23. The monoisotopic (exact) mass is 296 g/mol. The molecule has 112 valence electrons. The van der Waals surface area contributed by atoms with E-state index in [1.165, 1.54) is 0 Å². The maximum Gasteiger partial charge on any atom is 0.240 e. The number of sulfonamides is 1. The van der Waals surface area contributed by atoms with Crippen molar-refractivity contribution in [2.75, 3.05) is 6.54 Å². The Bertz CT molecular complexity index is 581. The number of rotatable bonds is 6. The smallest absolute Gasteiger partial charge is 0.240 e. The summed E-state index contributed by atoms with van der Waals surface area (Å²) in [5.41, 5.74) is 1.08. The van der Waals surface area contributed by atoms with Gasteiger partial charge in [0.15, 0.2) is 0 Å². The van der Waals surface area contributed by atoms with E-state index in [9.17, 15) is 8.42 Å². The van der Waals surface area contributed by atoms with Crippen molar-refractivity contribution < 1.29 is 8.42 Å². The van der Waals surface area contributed by atoms with E-state index in [1.807, 2.05) is 19.9 Å². The molecule has 0 bridgehead atoms. The first-order valence-electron chi connectivity index (χ1n) is 7.12. The molecule has 2 N–H and O–H groups in total. The quantitative estimate of drug-likeness (QED) is 0.847. The molecule has 0 spiro atoms. The summed E-state index contributed by atoms with van der Waals surface area (Å²) in [5.74, 6) is 0. The van der Waals surface area contributed by atoms with Gasteiger partial charge in [-0.3, -0.25) is 0 Å². The molecule has 1 aromatic rings. The van der Waals surface area contributed by atoms with Crippen molar-refractivity contribution in [2.45, 2.75) is 51.1 Å². The molecule has 2 unspecified atom stereocenters. The molecule has 1 aliphatic rings. The average molecular weight is 296 g/mol. The molecule has 0 amide bonds. The van der Waals surface area contributed by atoms with Crippen molar-refractivity contribution in [1.29, 1.82) is 0 Å². The Morgan fingerprint density at radius 3 is 2.60 bits per heavy atom. The lowest BCUT2D eigenvalue weighted by atomic mass is 10.1. The van der Waals surface area contributed by atoms with Crippen LogP contribution in [0.3, 0.4) is 0 Å². The summed E-state index contributed by atoms with van der Waals surface area (Å²) in [7, 11) is -3.42. The number of benzene rings is 1. The minimum Gasteiger partial charge on any atom is -0.310 e. The summed E-state index contributed by atoms with van der Waals surface area (Å²) in [6.07, 6.45) is 0.902. The van der Waals surface area contributed by atoms with Crippen LogP contribution in [0.15, 0.2) is 29.2 Å². The van der Waals surface area contributed by atoms with Gasteiger partial charge in [0, 0.05) is 12.1 Å². The first-order chi connectivity index (χ1) is 9.26. The van der Waals surface area contributed by atoms with Crippen molar-refractivity contribution in [2.24, 2.45) is 5.41 Å². The normalized spacial score (nSPS) is 22.5. The van der Waals surface area contributed by atoms with Crippen molar-refractivity contribution >= 4 is 10.0 Å². The largest absolute Gasteiger partial charge is 0.310 e. The van der Waals surface area contributed by atoms with Gasteiger partial charge < -0.3 is 5.32 Å². The maximum atomic E-state index is 12.4. The highest BCUT2D eigenvalue weighted by Crippen LogP contribution is 2.45. The minimum absolute atomic E-state index is 0.0577. The highest BCUT2D eigenvalue weighted by molar-refractivity contribution is 7.89. The molecule has 0 aliphatic heterocycles. The summed E-state index contributed by atoms with van der Waals surface area (Å²) < 4.78 is 27.5. The van der Waals surface area contributed by atoms with Gasteiger partial charge in [0.2, 0.25) is 10.0 Å². The first-order valence-corrected chi connectivity index (χ1v) is 8.60. The predicted octanol–water partition coefficient (Wildman–Crippen LogP) is 2.43. The molecule has 0 heterocycles. The van der Waals surface area contributed by atoms with Crippen LogP contribution in [0.2, 0.25) is 0 Å². The lowest BCUT2D eigenvalue weighted by molar-refractivity contribution is 0.554. The molecule has 0 aromatic heterocycles.